The van der Waals surface area contributed by atoms with E-state index in [0.29, 0.717) is 25.7 Å². The van der Waals surface area contributed by atoms with Gasteiger partial charge >= 0.3 is 6.01 Å². The third-order valence-corrected chi connectivity index (χ3v) is 11.5. The van der Waals surface area contributed by atoms with Gasteiger partial charge in [0.1, 0.15) is 18.2 Å². The van der Waals surface area contributed by atoms with E-state index in [9.17, 15) is 18.3 Å². The van der Waals surface area contributed by atoms with Gasteiger partial charge in [-0.15, -0.1) is 0 Å². The van der Waals surface area contributed by atoms with E-state index in [-0.39, 0.29) is 41.5 Å². The summed E-state index contributed by atoms with van der Waals surface area (Å²) in [4.78, 5) is 29.8. The first-order chi connectivity index (χ1) is 22.7. The van der Waals surface area contributed by atoms with Crippen molar-refractivity contribution < 1.29 is 23.1 Å². The molecule has 3 N–H and O–H groups in total. The van der Waals surface area contributed by atoms with Crippen LogP contribution in [0.15, 0.2) is 54.6 Å². The quantitative estimate of drug-likeness (QED) is 0.288. The van der Waals surface area contributed by atoms with Crippen molar-refractivity contribution >= 4 is 43.4 Å². The number of piperazine rings is 1. The fraction of sp³-hybridized carbons (Fsp3) is 0.457. The number of amides is 1. The van der Waals surface area contributed by atoms with Crippen LogP contribution in [0.2, 0.25) is 0 Å². The summed E-state index contributed by atoms with van der Waals surface area (Å²) < 4.78 is 29.6. The van der Waals surface area contributed by atoms with E-state index in [1.54, 1.807) is 12.1 Å². The van der Waals surface area contributed by atoms with E-state index >= 15 is 0 Å². The van der Waals surface area contributed by atoms with Gasteiger partial charge in [0, 0.05) is 37.0 Å². The molecular weight excluding hydrogens is 616 g/mol. The molecule has 5 heterocycles. The minimum atomic E-state index is -3.72. The highest BCUT2D eigenvalue weighted by Gasteiger charge is 2.46. The average Bonchev–Trinajstić information content (AvgIpc) is 3.71. The molecule has 8 rings (SSSR count). The topological polar surface area (TPSA) is 142 Å². The van der Waals surface area contributed by atoms with Crippen molar-refractivity contribution in [3.8, 4) is 22.9 Å². The molecule has 2 unspecified atom stereocenters. The van der Waals surface area contributed by atoms with Crippen LogP contribution < -0.4 is 14.8 Å². The number of hydrogen-bond acceptors (Lipinski definition) is 9. The zero-order valence-electron chi connectivity index (χ0n) is 26.3. The zero-order chi connectivity index (χ0) is 32.3. The van der Waals surface area contributed by atoms with E-state index in [2.05, 4.69) is 15.9 Å². The van der Waals surface area contributed by atoms with Gasteiger partial charge in [0.05, 0.1) is 16.8 Å². The monoisotopic (exact) mass is 656 g/mol. The fourth-order valence-corrected chi connectivity index (χ4v) is 9.06. The largest absolute Gasteiger partial charge is 0.508 e. The molecule has 0 aliphatic carbocycles. The Labute approximate surface area is 274 Å². The summed E-state index contributed by atoms with van der Waals surface area (Å²) >= 11 is 0. The Balaban J connectivity index is 1.15. The molecule has 3 aromatic carbocycles. The van der Waals surface area contributed by atoms with Crippen LogP contribution in [0.4, 0.5) is 5.82 Å². The van der Waals surface area contributed by atoms with Crippen LogP contribution >= 0.6 is 0 Å². The van der Waals surface area contributed by atoms with Crippen molar-refractivity contribution in [3.05, 3.63) is 54.6 Å². The summed E-state index contributed by atoms with van der Waals surface area (Å²) in [6, 6.07) is 18.0. The lowest BCUT2D eigenvalue weighted by molar-refractivity contribution is -0.134. The van der Waals surface area contributed by atoms with Crippen LogP contribution in [0.1, 0.15) is 44.9 Å². The van der Waals surface area contributed by atoms with E-state index in [1.807, 2.05) is 41.3 Å². The van der Waals surface area contributed by atoms with Gasteiger partial charge in [0.2, 0.25) is 15.9 Å². The van der Waals surface area contributed by atoms with Crippen molar-refractivity contribution in [2.24, 2.45) is 5.14 Å². The van der Waals surface area contributed by atoms with Crippen molar-refractivity contribution in [2.75, 3.05) is 43.4 Å². The van der Waals surface area contributed by atoms with Crippen LogP contribution in [0.25, 0.3) is 32.8 Å². The molecule has 1 amide bonds. The lowest BCUT2D eigenvalue weighted by atomic mass is 9.95. The minimum absolute atomic E-state index is 0.0431. The van der Waals surface area contributed by atoms with E-state index in [0.717, 1.165) is 77.4 Å². The standard InChI is InChI=1S/C35H40N6O5S/c36-47(44,45)16-11-32(43)41-25-8-9-26(41)21-39(20-25)33-29-10-7-24(30-19-27(42)17-23-5-1-2-6-28(23)30)18-31(29)37-34(38-33)46-22-35-12-3-14-40(35)15-4-13-35/h1-2,5-7,10,17-19,25-26,42H,3-4,8-9,11-16,20-22H2,(H2,36,44,45). The Bertz CT molecular complexity index is 1960. The second-order valence-corrected chi connectivity index (χ2v) is 15.4. The highest BCUT2D eigenvalue weighted by Crippen LogP contribution is 2.41. The molecule has 4 aliphatic heterocycles. The normalized spacial score (nSPS) is 22.3. The lowest BCUT2D eigenvalue weighted by Gasteiger charge is -2.42. The maximum atomic E-state index is 13.1. The zero-order valence-corrected chi connectivity index (χ0v) is 27.2. The summed E-state index contributed by atoms with van der Waals surface area (Å²) in [5.41, 5.74) is 2.65. The lowest BCUT2D eigenvalue weighted by Crippen LogP contribution is -2.56. The Hall–Kier alpha value is -4.00. The smallest absolute Gasteiger partial charge is 0.319 e. The Kier molecular flexibility index (Phi) is 7.49. The third kappa shape index (κ3) is 5.66. The molecule has 11 nitrogen and oxygen atoms in total. The molecule has 4 saturated heterocycles. The van der Waals surface area contributed by atoms with Crippen molar-refractivity contribution in [3.63, 3.8) is 0 Å². The molecule has 1 aromatic heterocycles. The number of nitrogens with two attached hydrogens (primary N) is 1. The SMILES string of the molecule is NS(=O)(=O)CCC(=O)N1C2CCC1CN(c1nc(OCC34CCCN3CCC4)nc3cc(-c4cc(O)cc5ccccc45)ccc13)C2. The number of hydrogen-bond donors (Lipinski definition) is 2. The number of carbonyl (C=O) groups excluding carboxylic acids is 1. The molecule has 4 fully saturated rings. The number of phenols is 1. The molecule has 12 heteroatoms. The number of benzene rings is 3. The number of sulfonamides is 1. The summed E-state index contributed by atoms with van der Waals surface area (Å²) in [7, 11) is -3.72. The van der Waals surface area contributed by atoms with Crippen molar-refractivity contribution in [2.45, 2.75) is 62.6 Å². The predicted octanol–water partition coefficient (Wildman–Crippen LogP) is 4.02. The molecule has 4 aromatic rings. The first kappa shape index (κ1) is 30.3. The number of anilines is 1. The maximum Gasteiger partial charge on any atom is 0.319 e. The Morgan fingerprint density at radius 2 is 1.72 bits per heavy atom. The number of aromatic nitrogens is 2. The number of nitrogens with zero attached hydrogens (tertiary/aromatic N) is 5. The van der Waals surface area contributed by atoms with Crippen molar-refractivity contribution in [1.29, 1.82) is 0 Å². The van der Waals surface area contributed by atoms with E-state index in [1.165, 1.54) is 12.8 Å². The molecule has 246 valence electrons. The fourth-order valence-electron chi connectivity index (χ4n) is 8.60. The summed E-state index contributed by atoms with van der Waals surface area (Å²) in [5.74, 6) is 0.467. The minimum Gasteiger partial charge on any atom is -0.508 e. The highest BCUT2D eigenvalue weighted by atomic mass is 32.2. The van der Waals surface area contributed by atoms with Crippen LogP contribution in [0, 0.1) is 0 Å². The molecule has 4 aliphatic rings. The predicted molar refractivity (Wildman–Crippen MR) is 181 cm³/mol. The highest BCUT2D eigenvalue weighted by molar-refractivity contribution is 7.89. The molecule has 47 heavy (non-hydrogen) atoms. The van der Waals surface area contributed by atoms with Gasteiger partial charge in [-0.3, -0.25) is 9.69 Å². The van der Waals surface area contributed by atoms with E-state index in [4.69, 9.17) is 19.8 Å². The molecule has 0 radical (unpaired) electrons. The van der Waals surface area contributed by atoms with Gasteiger partial charge in [-0.2, -0.15) is 9.97 Å². The van der Waals surface area contributed by atoms with Gasteiger partial charge in [-0.25, -0.2) is 13.6 Å². The van der Waals surface area contributed by atoms with E-state index < -0.39 is 10.0 Å². The maximum absolute atomic E-state index is 13.1. The van der Waals surface area contributed by atoms with Gasteiger partial charge in [0.15, 0.2) is 0 Å². The van der Waals surface area contributed by atoms with Gasteiger partial charge in [0.25, 0.3) is 0 Å². The molecule has 0 saturated carbocycles. The number of ether oxygens (including phenoxy) is 1. The number of fused-ring (bicyclic) bond motifs is 5. The molecule has 2 bridgehead atoms. The first-order valence-electron chi connectivity index (χ1n) is 16.6. The number of aromatic hydroxyl groups is 1. The second-order valence-electron chi connectivity index (χ2n) is 13.7. The summed E-state index contributed by atoms with van der Waals surface area (Å²) in [5, 5.41) is 18.6. The van der Waals surface area contributed by atoms with Gasteiger partial charge in [-0.1, -0.05) is 30.3 Å². The van der Waals surface area contributed by atoms with Crippen molar-refractivity contribution in [1.82, 2.24) is 19.8 Å². The third-order valence-electron chi connectivity index (χ3n) is 10.8. The number of rotatable bonds is 8. The molecule has 0 spiro atoms. The number of phenolic OH excluding ortho intramolecular Hbond substituents is 1. The number of carbonyl (C=O) groups is 1. The van der Waals surface area contributed by atoms with Crippen LogP contribution in [0.5, 0.6) is 11.8 Å². The van der Waals surface area contributed by atoms with Gasteiger partial charge < -0.3 is 19.6 Å². The molecular formula is C35H40N6O5S. The number of primary sulfonamides is 1. The summed E-state index contributed by atoms with van der Waals surface area (Å²) in [6.07, 6.45) is 6.18. The Morgan fingerprint density at radius 1 is 0.979 bits per heavy atom. The summed E-state index contributed by atoms with van der Waals surface area (Å²) in [6.45, 7) is 3.93. The van der Waals surface area contributed by atoms with Gasteiger partial charge in [-0.05, 0) is 97.8 Å². The second kappa shape index (κ2) is 11.6. The first-order valence-corrected chi connectivity index (χ1v) is 18.4. The Morgan fingerprint density at radius 3 is 2.47 bits per heavy atom. The van der Waals surface area contributed by atoms with Crippen LogP contribution in [0.3, 0.4) is 0 Å². The van der Waals surface area contributed by atoms with Crippen LogP contribution in [-0.4, -0.2) is 95.4 Å². The van der Waals surface area contributed by atoms with Crippen LogP contribution in [-0.2, 0) is 14.8 Å². The molecule has 2 atom stereocenters. The average molecular weight is 657 g/mol.